The van der Waals surface area contributed by atoms with Gasteiger partial charge in [-0.1, -0.05) is 0 Å². The molecular formula is C16H23BrN2O3. The average molecular weight is 371 g/mol. The summed E-state index contributed by atoms with van der Waals surface area (Å²) in [5, 5.41) is 0. The minimum atomic E-state index is -0.456. The van der Waals surface area contributed by atoms with Gasteiger partial charge in [0.1, 0.15) is 5.60 Å². The van der Waals surface area contributed by atoms with Gasteiger partial charge in [-0.3, -0.25) is 0 Å². The van der Waals surface area contributed by atoms with Crippen molar-refractivity contribution in [2.75, 3.05) is 19.7 Å². The molecule has 2 heterocycles. The summed E-state index contributed by atoms with van der Waals surface area (Å²) in [6.07, 6.45) is 3.50. The number of aromatic nitrogens is 1. The van der Waals surface area contributed by atoms with E-state index >= 15 is 0 Å². The summed E-state index contributed by atoms with van der Waals surface area (Å²) < 4.78 is 12.1. The summed E-state index contributed by atoms with van der Waals surface area (Å²) in [4.78, 5) is 18.1. The molecule has 6 heteroatoms. The van der Waals surface area contributed by atoms with Crippen molar-refractivity contribution in [1.29, 1.82) is 0 Å². The number of ether oxygens (including phenoxy) is 2. The SMILES string of the molecule is CC(C)(C)OC(=O)N1CCCC(COc2ccc(Br)cn2)C1. The molecule has 1 aromatic heterocycles. The Morgan fingerprint density at radius 2 is 2.23 bits per heavy atom. The summed E-state index contributed by atoms with van der Waals surface area (Å²) in [6, 6.07) is 3.73. The summed E-state index contributed by atoms with van der Waals surface area (Å²) in [5.41, 5.74) is -0.456. The van der Waals surface area contributed by atoms with Crippen molar-refractivity contribution in [1.82, 2.24) is 9.88 Å². The number of nitrogens with zero attached hydrogens (tertiary/aromatic N) is 2. The summed E-state index contributed by atoms with van der Waals surface area (Å²) >= 11 is 3.34. The number of halogens is 1. The average Bonchev–Trinajstić information content (AvgIpc) is 2.45. The first-order valence-electron chi connectivity index (χ1n) is 7.56. The van der Waals surface area contributed by atoms with Crippen LogP contribution < -0.4 is 4.74 Å². The molecular weight excluding hydrogens is 348 g/mol. The topological polar surface area (TPSA) is 51.7 Å². The van der Waals surface area contributed by atoms with Gasteiger partial charge in [0.15, 0.2) is 0 Å². The minimum absolute atomic E-state index is 0.237. The molecule has 5 nitrogen and oxygen atoms in total. The molecule has 2 rings (SSSR count). The van der Waals surface area contributed by atoms with Crippen LogP contribution in [0.1, 0.15) is 33.6 Å². The number of hydrogen-bond donors (Lipinski definition) is 0. The monoisotopic (exact) mass is 370 g/mol. The molecule has 0 bridgehead atoms. The number of piperidine rings is 1. The quantitative estimate of drug-likeness (QED) is 0.810. The van der Waals surface area contributed by atoms with Gasteiger partial charge in [0.05, 0.1) is 6.61 Å². The van der Waals surface area contributed by atoms with Gasteiger partial charge >= 0.3 is 6.09 Å². The first-order chi connectivity index (χ1) is 10.3. The maximum atomic E-state index is 12.1. The van der Waals surface area contributed by atoms with Crippen LogP contribution in [0.15, 0.2) is 22.8 Å². The molecule has 1 amide bonds. The highest BCUT2D eigenvalue weighted by molar-refractivity contribution is 9.10. The van der Waals surface area contributed by atoms with Gasteiger partial charge in [-0.25, -0.2) is 9.78 Å². The van der Waals surface area contributed by atoms with Gasteiger partial charge in [0.25, 0.3) is 0 Å². The highest BCUT2D eigenvalue weighted by Gasteiger charge is 2.27. The Labute approximate surface area is 140 Å². The van der Waals surface area contributed by atoms with Crippen LogP contribution in [0.2, 0.25) is 0 Å². The molecule has 0 radical (unpaired) electrons. The lowest BCUT2D eigenvalue weighted by Crippen LogP contribution is -2.44. The second kappa shape index (κ2) is 7.31. The third-order valence-corrected chi connectivity index (χ3v) is 3.81. The van der Waals surface area contributed by atoms with E-state index < -0.39 is 5.60 Å². The van der Waals surface area contributed by atoms with Crippen LogP contribution in [0.5, 0.6) is 5.88 Å². The molecule has 1 atom stereocenters. The second-order valence-electron chi connectivity index (χ2n) is 6.56. The van der Waals surface area contributed by atoms with E-state index in [1.807, 2.05) is 32.9 Å². The minimum Gasteiger partial charge on any atom is -0.477 e. The van der Waals surface area contributed by atoms with E-state index in [0.29, 0.717) is 24.9 Å². The van der Waals surface area contributed by atoms with Crippen LogP contribution in [-0.4, -0.2) is 41.3 Å². The molecule has 1 aliphatic heterocycles. The normalized spacial score (nSPS) is 18.9. The number of carbonyl (C=O) groups excluding carboxylic acids is 1. The Kier molecular flexibility index (Phi) is 5.67. The fourth-order valence-corrected chi connectivity index (χ4v) is 2.58. The highest BCUT2D eigenvalue weighted by Crippen LogP contribution is 2.20. The maximum absolute atomic E-state index is 12.1. The number of carbonyl (C=O) groups is 1. The van der Waals surface area contributed by atoms with Crippen LogP contribution in [0.25, 0.3) is 0 Å². The fourth-order valence-electron chi connectivity index (χ4n) is 2.34. The van der Waals surface area contributed by atoms with Crippen LogP contribution >= 0.6 is 15.9 Å². The lowest BCUT2D eigenvalue weighted by Gasteiger charge is -2.33. The summed E-state index contributed by atoms with van der Waals surface area (Å²) in [6.45, 7) is 7.64. The van der Waals surface area contributed by atoms with E-state index in [9.17, 15) is 4.79 Å². The summed E-state index contributed by atoms with van der Waals surface area (Å²) in [5.74, 6) is 0.921. The lowest BCUT2D eigenvalue weighted by atomic mass is 9.99. The first kappa shape index (κ1) is 17.1. The zero-order chi connectivity index (χ0) is 16.2. The van der Waals surface area contributed by atoms with E-state index in [-0.39, 0.29) is 6.09 Å². The van der Waals surface area contributed by atoms with Crippen molar-refractivity contribution in [3.8, 4) is 5.88 Å². The van der Waals surface area contributed by atoms with Gasteiger partial charge in [0.2, 0.25) is 5.88 Å². The van der Waals surface area contributed by atoms with Crippen molar-refractivity contribution in [2.24, 2.45) is 5.92 Å². The van der Waals surface area contributed by atoms with E-state index in [1.54, 1.807) is 11.1 Å². The molecule has 1 unspecified atom stereocenters. The Morgan fingerprint density at radius 3 is 2.86 bits per heavy atom. The van der Waals surface area contributed by atoms with Gasteiger partial charge in [-0.05, 0) is 55.6 Å². The molecule has 1 fully saturated rings. The first-order valence-corrected chi connectivity index (χ1v) is 8.35. The molecule has 0 aliphatic carbocycles. The largest absolute Gasteiger partial charge is 0.477 e. The molecule has 1 aromatic rings. The van der Waals surface area contributed by atoms with Crippen molar-refractivity contribution >= 4 is 22.0 Å². The van der Waals surface area contributed by atoms with E-state index in [1.165, 1.54) is 0 Å². The standard InChI is InChI=1S/C16H23BrN2O3/c1-16(2,3)22-15(20)19-8-4-5-12(10-19)11-21-14-7-6-13(17)9-18-14/h6-7,9,12H,4-5,8,10-11H2,1-3H3. The van der Waals surface area contributed by atoms with Crippen molar-refractivity contribution < 1.29 is 14.3 Å². The number of likely N-dealkylation sites (tertiary alicyclic amines) is 1. The smallest absolute Gasteiger partial charge is 0.410 e. The van der Waals surface area contributed by atoms with Gasteiger partial charge < -0.3 is 14.4 Å². The molecule has 0 N–H and O–H groups in total. The molecule has 122 valence electrons. The molecule has 22 heavy (non-hydrogen) atoms. The van der Waals surface area contributed by atoms with Crippen molar-refractivity contribution in [3.63, 3.8) is 0 Å². The zero-order valence-corrected chi connectivity index (χ0v) is 14.9. The third kappa shape index (κ3) is 5.48. The Balaban J connectivity index is 1.82. The fraction of sp³-hybridized carbons (Fsp3) is 0.625. The van der Waals surface area contributed by atoms with Gasteiger partial charge in [-0.15, -0.1) is 0 Å². The second-order valence-corrected chi connectivity index (χ2v) is 7.48. The van der Waals surface area contributed by atoms with Crippen LogP contribution in [0.3, 0.4) is 0 Å². The number of pyridine rings is 1. The predicted molar refractivity (Wildman–Crippen MR) is 88.0 cm³/mol. The zero-order valence-electron chi connectivity index (χ0n) is 13.3. The van der Waals surface area contributed by atoms with Crippen LogP contribution in [0.4, 0.5) is 4.79 Å². The van der Waals surface area contributed by atoms with E-state index in [2.05, 4.69) is 20.9 Å². The van der Waals surface area contributed by atoms with E-state index in [0.717, 1.165) is 23.9 Å². The van der Waals surface area contributed by atoms with Crippen LogP contribution in [-0.2, 0) is 4.74 Å². The molecule has 1 saturated heterocycles. The molecule has 0 spiro atoms. The lowest BCUT2D eigenvalue weighted by molar-refractivity contribution is 0.0138. The Hall–Kier alpha value is -1.30. The van der Waals surface area contributed by atoms with Gasteiger partial charge in [-0.2, -0.15) is 0 Å². The van der Waals surface area contributed by atoms with Gasteiger partial charge in [0, 0.05) is 35.7 Å². The Morgan fingerprint density at radius 1 is 1.45 bits per heavy atom. The molecule has 0 saturated carbocycles. The maximum Gasteiger partial charge on any atom is 0.410 e. The summed E-state index contributed by atoms with van der Waals surface area (Å²) in [7, 11) is 0. The predicted octanol–water partition coefficient (Wildman–Crippen LogP) is 3.87. The number of hydrogen-bond acceptors (Lipinski definition) is 4. The Bertz CT molecular complexity index is 499. The van der Waals surface area contributed by atoms with E-state index in [4.69, 9.17) is 9.47 Å². The van der Waals surface area contributed by atoms with Crippen molar-refractivity contribution in [2.45, 2.75) is 39.2 Å². The van der Waals surface area contributed by atoms with Crippen molar-refractivity contribution in [3.05, 3.63) is 22.8 Å². The van der Waals surface area contributed by atoms with Crippen LogP contribution in [0, 0.1) is 5.92 Å². The number of rotatable bonds is 3. The highest BCUT2D eigenvalue weighted by atomic mass is 79.9. The molecule has 1 aliphatic rings. The number of amides is 1. The molecule has 0 aromatic carbocycles. The third-order valence-electron chi connectivity index (χ3n) is 3.34.